The van der Waals surface area contributed by atoms with Crippen molar-refractivity contribution in [2.45, 2.75) is 12.1 Å². The Kier molecular flexibility index (Phi) is 3.01. The first kappa shape index (κ1) is 12.8. The monoisotopic (exact) mass is 290 g/mol. The molecule has 1 aromatic carbocycles. The fourth-order valence-electron chi connectivity index (χ4n) is 1.73. The Hall–Kier alpha value is -2.22. The minimum absolute atomic E-state index is 0.200. The van der Waals surface area contributed by atoms with Gasteiger partial charge in [-0.25, -0.2) is 4.39 Å². The second-order valence-corrected chi connectivity index (χ2v) is 4.95. The fraction of sp³-hybridized carbons (Fsp3) is 0.167. The van der Waals surface area contributed by atoms with Crippen molar-refractivity contribution in [1.82, 2.24) is 24.6 Å². The molecule has 0 spiro atoms. The van der Waals surface area contributed by atoms with Gasteiger partial charge in [0, 0.05) is 5.56 Å². The van der Waals surface area contributed by atoms with Gasteiger partial charge in [-0.05, 0) is 24.8 Å². The van der Waals surface area contributed by atoms with Crippen molar-refractivity contribution in [3.63, 3.8) is 0 Å². The van der Waals surface area contributed by atoms with E-state index in [9.17, 15) is 4.39 Å². The molecular formula is C12H11FN6S. The molecule has 0 unspecified atom stereocenters. The summed E-state index contributed by atoms with van der Waals surface area (Å²) in [7, 11) is 0. The molecular weight excluding hydrogens is 279 g/mol. The highest BCUT2D eigenvalue weighted by molar-refractivity contribution is 7.98. The van der Waals surface area contributed by atoms with Crippen molar-refractivity contribution >= 4 is 23.5 Å². The number of hydrogen-bond acceptors (Lipinski definition) is 6. The highest BCUT2D eigenvalue weighted by atomic mass is 32.2. The van der Waals surface area contributed by atoms with Gasteiger partial charge < -0.3 is 5.73 Å². The van der Waals surface area contributed by atoms with Crippen LogP contribution >= 0.6 is 11.8 Å². The van der Waals surface area contributed by atoms with Crippen molar-refractivity contribution in [2.75, 3.05) is 12.0 Å². The number of fused-ring (bicyclic) bond motifs is 1. The first-order chi connectivity index (χ1) is 9.58. The first-order valence-corrected chi connectivity index (χ1v) is 7.02. The molecule has 0 aliphatic heterocycles. The van der Waals surface area contributed by atoms with Crippen LogP contribution in [0.2, 0.25) is 0 Å². The SMILES string of the molecule is CSc1nc(N)n2nc(-c3ccc(C)c(F)c3)nc2n1. The van der Waals surface area contributed by atoms with E-state index in [1.54, 1.807) is 19.1 Å². The molecule has 0 fully saturated rings. The van der Waals surface area contributed by atoms with Crippen molar-refractivity contribution in [1.29, 1.82) is 0 Å². The second-order valence-electron chi connectivity index (χ2n) is 4.18. The van der Waals surface area contributed by atoms with E-state index in [1.807, 2.05) is 6.26 Å². The molecule has 0 amide bonds. The molecule has 2 heterocycles. The summed E-state index contributed by atoms with van der Waals surface area (Å²) in [6.07, 6.45) is 1.85. The van der Waals surface area contributed by atoms with Gasteiger partial charge in [-0.1, -0.05) is 23.9 Å². The van der Waals surface area contributed by atoms with Gasteiger partial charge >= 0.3 is 0 Å². The molecule has 0 bridgehead atoms. The summed E-state index contributed by atoms with van der Waals surface area (Å²) >= 11 is 1.36. The van der Waals surface area contributed by atoms with Gasteiger partial charge in [0.15, 0.2) is 11.0 Å². The molecule has 2 N–H and O–H groups in total. The zero-order chi connectivity index (χ0) is 14.3. The van der Waals surface area contributed by atoms with Crippen LogP contribution in [0.3, 0.4) is 0 Å². The zero-order valence-corrected chi connectivity index (χ0v) is 11.6. The average Bonchev–Trinajstić information content (AvgIpc) is 2.86. The molecule has 102 valence electrons. The quantitative estimate of drug-likeness (QED) is 0.726. The Morgan fingerprint density at radius 3 is 2.75 bits per heavy atom. The molecule has 3 rings (SSSR count). The van der Waals surface area contributed by atoms with Gasteiger partial charge in [0.1, 0.15) is 5.82 Å². The Bertz CT molecular complexity index is 800. The third-order valence-electron chi connectivity index (χ3n) is 2.83. The summed E-state index contributed by atoms with van der Waals surface area (Å²) in [5.41, 5.74) is 6.94. The van der Waals surface area contributed by atoms with Crippen molar-refractivity contribution in [2.24, 2.45) is 0 Å². The number of aryl methyl sites for hydroxylation is 1. The Labute approximate surface area is 118 Å². The molecule has 0 radical (unpaired) electrons. The minimum atomic E-state index is -0.301. The lowest BCUT2D eigenvalue weighted by Crippen LogP contribution is -2.04. The number of halogens is 1. The molecule has 0 saturated heterocycles. The largest absolute Gasteiger partial charge is 0.368 e. The number of rotatable bonds is 2. The maximum absolute atomic E-state index is 13.6. The topological polar surface area (TPSA) is 82.0 Å². The number of nitrogens with zero attached hydrogens (tertiary/aromatic N) is 5. The van der Waals surface area contributed by atoms with E-state index in [0.29, 0.717) is 27.9 Å². The Morgan fingerprint density at radius 1 is 1.25 bits per heavy atom. The normalized spacial score (nSPS) is 11.2. The maximum atomic E-state index is 13.6. The number of aromatic nitrogens is 5. The van der Waals surface area contributed by atoms with Gasteiger partial charge in [0.25, 0.3) is 5.78 Å². The average molecular weight is 290 g/mol. The van der Waals surface area contributed by atoms with Gasteiger partial charge in [0.05, 0.1) is 0 Å². The summed E-state index contributed by atoms with van der Waals surface area (Å²) in [6, 6.07) is 4.83. The van der Waals surface area contributed by atoms with Crippen LogP contribution in [0.5, 0.6) is 0 Å². The van der Waals surface area contributed by atoms with Gasteiger partial charge in [-0.3, -0.25) is 0 Å². The van der Waals surface area contributed by atoms with Crippen LogP contribution in [0.1, 0.15) is 5.56 Å². The number of hydrogen-bond donors (Lipinski definition) is 1. The van der Waals surface area contributed by atoms with E-state index in [4.69, 9.17) is 5.73 Å². The number of nitrogens with two attached hydrogens (primary N) is 1. The summed E-state index contributed by atoms with van der Waals surface area (Å²) in [5.74, 6) is 0.608. The van der Waals surface area contributed by atoms with Crippen LogP contribution in [0.25, 0.3) is 17.2 Å². The summed E-state index contributed by atoms with van der Waals surface area (Å²) in [6.45, 7) is 1.70. The molecule has 8 heteroatoms. The predicted octanol–water partition coefficient (Wildman–Crippen LogP) is 1.94. The van der Waals surface area contributed by atoms with Crippen molar-refractivity contribution in [3.8, 4) is 11.4 Å². The standard InChI is InChI=1S/C12H11FN6S/c1-6-3-4-7(5-8(6)13)9-15-11-17-12(20-2)16-10(14)19(11)18-9/h3-5H,1-2H3,(H2,14,15,16,17,18). The highest BCUT2D eigenvalue weighted by Crippen LogP contribution is 2.20. The Balaban J connectivity index is 2.17. The third kappa shape index (κ3) is 2.07. The van der Waals surface area contributed by atoms with Crippen LogP contribution in [0.15, 0.2) is 23.4 Å². The molecule has 2 aromatic heterocycles. The summed E-state index contributed by atoms with van der Waals surface area (Å²) in [5, 5.41) is 4.73. The van der Waals surface area contributed by atoms with Gasteiger partial charge in [-0.2, -0.15) is 19.5 Å². The summed E-state index contributed by atoms with van der Waals surface area (Å²) < 4.78 is 14.9. The highest BCUT2D eigenvalue weighted by Gasteiger charge is 2.12. The maximum Gasteiger partial charge on any atom is 0.258 e. The Morgan fingerprint density at radius 2 is 2.05 bits per heavy atom. The zero-order valence-electron chi connectivity index (χ0n) is 10.8. The number of anilines is 1. The minimum Gasteiger partial charge on any atom is -0.368 e. The van der Waals surface area contributed by atoms with Crippen molar-refractivity contribution < 1.29 is 4.39 Å². The van der Waals surface area contributed by atoms with Crippen LogP contribution < -0.4 is 5.73 Å². The number of benzene rings is 1. The molecule has 0 aliphatic rings. The van der Waals surface area contributed by atoms with Crippen molar-refractivity contribution in [3.05, 3.63) is 29.6 Å². The van der Waals surface area contributed by atoms with E-state index in [2.05, 4.69) is 20.1 Å². The summed E-state index contributed by atoms with van der Waals surface area (Å²) in [4.78, 5) is 12.5. The van der Waals surface area contributed by atoms with E-state index in [-0.39, 0.29) is 11.8 Å². The molecule has 6 nitrogen and oxygen atoms in total. The molecule has 3 aromatic rings. The lowest BCUT2D eigenvalue weighted by atomic mass is 10.1. The van der Waals surface area contributed by atoms with Gasteiger partial charge in [-0.15, -0.1) is 5.10 Å². The molecule has 0 aliphatic carbocycles. The number of thioether (sulfide) groups is 1. The van der Waals surface area contributed by atoms with Crippen LogP contribution in [-0.4, -0.2) is 30.8 Å². The van der Waals surface area contributed by atoms with Gasteiger partial charge in [0.2, 0.25) is 5.95 Å². The van der Waals surface area contributed by atoms with Crippen LogP contribution in [-0.2, 0) is 0 Å². The lowest BCUT2D eigenvalue weighted by Gasteiger charge is -1.98. The van der Waals surface area contributed by atoms with Crippen LogP contribution in [0, 0.1) is 12.7 Å². The first-order valence-electron chi connectivity index (χ1n) is 5.79. The molecule has 0 saturated carbocycles. The van der Waals surface area contributed by atoms with E-state index in [0.717, 1.165) is 0 Å². The fourth-order valence-corrected chi connectivity index (χ4v) is 2.09. The smallest absolute Gasteiger partial charge is 0.258 e. The molecule has 0 atom stereocenters. The van der Waals surface area contributed by atoms with E-state index >= 15 is 0 Å². The number of nitrogen functional groups attached to an aromatic ring is 1. The molecule has 20 heavy (non-hydrogen) atoms. The van der Waals surface area contributed by atoms with E-state index < -0.39 is 0 Å². The van der Waals surface area contributed by atoms with E-state index in [1.165, 1.54) is 22.3 Å². The lowest BCUT2D eigenvalue weighted by molar-refractivity contribution is 0.619. The predicted molar refractivity (Wildman–Crippen MR) is 74.9 cm³/mol. The second kappa shape index (κ2) is 4.71. The third-order valence-corrected chi connectivity index (χ3v) is 3.37. The van der Waals surface area contributed by atoms with Crippen LogP contribution in [0.4, 0.5) is 10.3 Å².